The van der Waals surface area contributed by atoms with Gasteiger partial charge in [-0.2, -0.15) is 0 Å². The quantitative estimate of drug-likeness (QED) is 0.758. The van der Waals surface area contributed by atoms with Gasteiger partial charge in [-0.3, -0.25) is 9.59 Å². The molecular formula is C14H16BrNO5. The molecule has 2 N–H and O–H groups in total. The number of methoxy groups -OCH3 is 1. The van der Waals surface area contributed by atoms with Crippen LogP contribution in [0.15, 0.2) is 22.7 Å². The molecule has 0 saturated heterocycles. The number of carboxylic acid groups (broad SMARTS) is 1. The number of halogens is 1. The zero-order valence-electron chi connectivity index (χ0n) is 11.7. The third-order valence-electron chi connectivity index (χ3n) is 2.98. The Kier molecular flexibility index (Phi) is 6.36. The minimum atomic E-state index is -1.19. The normalized spacial score (nSPS) is 11.6. The summed E-state index contributed by atoms with van der Waals surface area (Å²) in [7, 11) is 1.22. The Hall–Kier alpha value is -1.89. The largest absolute Gasteiger partial charge is 0.480 e. The summed E-state index contributed by atoms with van der Waals surface area (Å²) in [6, 6.07) is 3.94. The second-order valence-corrected chi connectivity index (χ2v) is 5.25. The maximum absolute atomic E-state index is 12.1. The number of carbonyl (C=O) groups excluding carboxylic acids is 2. The van der Waals surface area contributed by atoms with E-state index in [1.54, 1.807) is 25.1 Å². The molecule has 0 unspecified atom stereocenters. The molecule has 0 bridgehead atoms. The van der Waals surface area contributed by atoms with Gasteiger partial charge in [0.1, 0.15) is 6.04 Å². The number of carbonyl (C=O) groups is 3. The van der Waals surface area contributed by atoms with E-state index in [2.05, 4.69) is 26.0 Å². The Balaban J connectivity index is 2.79. The van der Waals surface area contributed by atoms with Crippen molar-refractivity contribution in [1.29, 1.82) is 0 Å². The molecule has 0 aliphatic heterocycles. The Morgan fingerprint density at radius 2 is 2.05 bits per heavy atom. The average molecular weight is 358 g/mol. The standard InChI is InChI=1S/C14H16BrNO5/c1-8-9(4-3-5-10(8)15)13(18)16-11(14(19)20)6-7-12(17)21-2/h3-5,11H,6-7H2,1-2H3,(H,16,18)(H,19,20)/t11-/m0/s1. The highest BCUT2D eigenvalue weighted by Gasteiger charge is 2.22. The summed E-state index contributed by atoms with van der Waals surface area (Å²) in [6.45, 7) is 1.75. The van der Waals surface area contributed by atoms with Crippen LogP contribution < -0.4 is 5.32 Å². The number of aliphatic carboxylic acids is 1. The van der Waals surface area contributed by atoms with E-state index >= 15 is 0 Å². The van der Waals surface area contributed by atoms with E-state index in [1.807, 2.05) is 0 Å². The number of ether oxygens (including phenoxy) is 1. The van der Waals surface area contributed by atoms with Crippen LogP contribution in [0, 0.1) is 6.92 Å². The van der Waals surface area contributed by atoms with Gasteiger partial charge >= 0.3 is 11.9 Å². The third-order valence-corrected chi connectivity index (χ3v) is 3.84. The summed E-state index contributed by atoms with van der Waals surface area (Å²) in [4.78, 5) is 34.3. The van der Waals surface area contributed by atoms with Crippen molar-refractivity contribution < 1.29 is 24.2 Å². The first-order valence-corrected chi connectivity index (χ1v) is 7.01. The molecule has 1 rings (SSSR count). The van der Waals surface area contributed by atoms with Crippen LogP contribution in [0.3, 0.4) is 0 Å². The molecule has 1 aromatic rings. The maximum atomic E-state index is 12.1. The Morgan fingerprint density at radius 1 is 1.38 bits per heavy atom. The van der Waals surface area contributed by atoms with Gasteiger partial charge in [-0.15, -0.1) is 0 Å². The minimum Gasteiger partial charge on any atom is -0.480 e. The molecule has 0 spiro atoms. The Bertz CT molecular complexity index is 558. The highest BCUT2D eigenvalue weighted by atomic mass is 79.9. The fourth-order valence-electron chi connectivity index (χ4n) is 1.71. The van der Waals surface area contributed by atoms with Gasteiger partial charge in [-0.25, -0.2) is 4.79 Å². The Morgan fingerprint density at radius 3 is 2.62 bits per heavy atom. The lowest BCUT2D eigenvalue weighted by Crippen LogP contribution is -2.41. The second kappa shape index (κ2) is 7.78. The van der Waals surface area contributed by atoms with Crippen molar-refractivity contribution in [2.75, 3.05) is 7.11 Å². The first-order valence-electron chi connectivity index (χ1n) is 6.22. The number of amides is 1. The number of hydrogen-bond acceptors (Lipinski definition) is 4. The number of nitrogens with one attached hydrogen (secondary N) is 1. The molecule has 1 atom stereocenters. The maximum Gasteiger partial charge on any atom is 0.326 e. The molecule has 1 amide bonds. The molecule has 21 heavy (non-hydrogen) atoms. The molecular weight excluding hydrogens is 342 g/mol. The van der Waals surface area contributed by atoms with Crippen LogP contribution in [0.1, 0.15) is 28.8 Å². The lowest BCUT2D eigenvalue weighted by atomic mass is 10.1. The van der Waals surface area contributed by atoms with E-state index in [0.29, 0.717) is 11.1 Å². The SMILES string of the molecule is COC(=O)CC[C@H](NC(=O)c1cccc(Br)c1C)C(=O)O. The van der Waals surface area contributed by atoms with E-state index in [0.717, 1.165) is 4.47 Å². The lowest BCUT2D eigenvalue weighted by Gasteiger charge is -2.15. The molecule has 7 heteroatoms. The lowest BCUT2D eigenvalue weighted by molar-refractivity contribution is -0.142. The van der Waals surface area contributed by atoms with Crippen LogP contribution in [-0.2, 0) is 14.3 Å². The first kappa shape index (κ1) is 17.2. The summed E-state index contributed by atoms with van der Waals surface area (Å²) in [5, 5.41) is 11.5. The van der Waals surface area contributed by atoms with Crippen molar-refractivity contribution in [2.24, 2.45) is 0 Å². The van der Waals surface area contributed by atoms with Crippen LogP contribution in [0.4, 0.5) is 0 Å². The summed E-state index contributed by atoms with van der Waals surface area (Å²) >= 11 is 3.31. The van der Waals surface area contributed by atoms with Gasteiger partial charge in [-0.05, 0) is 31.0 Å². The van der Waals surface area contributed by atoms with Crippen LogP contribution in [-0.4, -0.2) is 36.1 Å². The van der Waals surface area contributed by atoms with Gasteiger partial charge in [0.15, 0.2) is 0 Å². The topological polar surface area (TPSA) is 92.7 Å². The highest BCUT2D eigenvalue weighted by molar-refractivity contribution is 9.10. The zero-order valence-corrected chi connectivity index (χ0v) is 13.3. The molecule has 0 fully saturated rings. The smallest absolute Gasteiger partial charge is 0.326 e. The van der Waals surface area contributed by atoms with Crippen LogP contribution in [0.25, 0.3) is 0 Å². The highest BCUT2D eigenvalue weighted by Crippen LogP contribution is 2.19. The fourth-order valence-corrected chi connectivity index (χ4v) is 2.08. The van der Waals surface area contributed by atoms with Crippen molar-refractivity contribution in [3.05, 3.63) is 33.8 Å². The molecule has 0 aliphatic carbocycles. The molecule has 0 heterocycles. The second-order valence-electron chi connectivity index (χ2n) is 4.39. The minimum absolute atomic E-state index is 0.0270. The number of esters is 1. The molecule has 0 aromatic heterocycles. The van der Waals surface area contributed by atoms with E-state index < -0.39 is 23.9 Å². The van der Waals surface area contributed by atoms with Gasteiger partial charge < -0.3 is 15.2 Å². The molecule has 0 saturated carbocycles. The van der Waals surface area contributed by atoms with Crippen molar-refractivity contribution in [2.45, 2.75) is 25.8 Å². The summed E-state index contributed by atoms with van der Waals surface area (Å²) < 4.78 is 5.21. The Labute approximate surface area is 130 Å². The number of hydrogen-bond donors (Lipinski definition) is 2. The van der Waals surface area contributed by atoms with Gasteiger partial charge in [0.2, 0.25) is 0 Å². The monoisotopic (exact) mass is 357 g/mol. The van der Waals surface area contributed by atoms with Gasteiger partial charge in [0.25, 0.3) is 5.91 Å². The predicted molar refractivity (Wildman–Crippen MR) is 79.0 cm³/mol. The zero-order chi connectivity index (χ0) is 16.0. The van der Waals surface area contributed by atoms with Crippen LogP contribution in [0.5, 0.6) is 0 Å². The van der Waals surface area contributed by atoms with Crippen LogP contribution in [0.2, 0.25) is 0 Å². The molecule has 1 aromatic carbocycles. The number of benzene rings is 1. The number of rotatable bonds is 6. The van der Waals surface area contributed by atoms with E-state index in [-0.39, 0.29) is 12.8 Å². The van der Waals surface area contributed by atoms with E-state index in [1.165, 1.54) is 7.11 Å². The fraction of sp³-hybridized carbons (Fsp3) is 0.357. The van der Waals surface area contributed by atoms with E-state index in [9.17, 15) is 14.4 Å². The summed E-state index contributed by atoms with van der Waals surface area (Å²) in [6.07, 6.45) is -0.105. The van der Waals surface area contributed by atoms with Crippen molar-refractivity contribution in [3.63, 3.8) is 0 Å². The van der Waals surface area contributed by atoms with E-state index in [4.69, 9.17) is 5.11 Å². The molecule has 114 valence electrons. The third kappa shape index (κ3) is 4.86. The molecule has 6 nitrogen and oxygen atoms in total. The average Bonchev–Trinajstić information content (AvgIpc) is 2.45. The van der Waals surface area contributed by atoms with Crippen LogP contribution >= 0.6 is 15.9 Å². The summed E-state index contributed by atoms with van der Waals surface area (Å²) in [5.41, 5.74) is 1.10. The summed E-state index contributed by atoms with van der Waals surface area (Å²) in [5.74, 6) is -2.21. The van der Waals surface area contributed by atoms with Gasteiger partial charge in [-0.1, -0.05) is 22.0 Å². The van der Waals surface area contributed by atoms with Crippen molar-refractivity contribution in [1.82, 2.24) is 5.32 Å². The number of carboxylic acids is 1. The predicted octanol–water partition coefficient (Wildman–Crippen LogP) is 1.89. The first-order chi connectivity index (χ1) is 9.86. The van der Waals surface area contributed by atoms with Crippen molar-refractivity contribution >= 4 is 33.8 Å². The van der Waals surface area contributed by atoms with Gasteiger partial charge in [0.05, 0.1) is 7.11 Å². The van der Waals surface area contributed by atoms with Crippen molar-refractivity contribution in [3.8, 4) is 0 Å². The molecule has 0 radical (unpaired) electrons. The molecule has 0 aliphatic rings. The van der Waals surface area contributed by atoms with Gasteiger partial charge in [0, 0.05) is 16.5 Å².